The quantitative estimate of drug-likeness (QED) is 0.860. The summed E-state index contributed by atoms with van der Waals surface area (Å²) in [6.45, 7) is 2.65. The third-order valence-corrected chi connectivity index (χ3v) is 4.22. The fourth-order valence-corrected chi connectivity index (χ4v) is 2.76. The maximum atomic E-state index is 6.09. The fraction of sp³-hybridized carbons (Fsp3) is 0.368. The molecule has 2 aromatic rings. The Bertz CT molecular complexity index is 637. The van der Waals surface area contributed by atoms with Crippen molar-refractivity contribution in [3.05, 3.63) is 54.1 Å². The average Bonchev–Trinajstić information content (AvgIpc) is 2.57. The zero-order valence-electron chi connectivity index (χ0n) is 13.6. The largest absolute Gasteiger partial charge is 0.490 e. The molecule has 1 heterocycles. The molecule has 3 rings (SSSR count). The summed E-state index contributed by atoms with van der Waals surface area (Å²) in [6, 6.07) is 15.6. The van der Waals surface area contributed by atoms with Crippen molar-refractivity contribution in [1.29, 1.82) is 0 Å². The Hall–Kier alpha value is -2.20. The molecule has 0 spiro atoms. The first-order valence-electron chi connectivity index (χ1n) is 8.12. The molecule has 122 valence electrons. The second-order valence-corrected chi connectivity index (χ2v) is 6.08. The topological polar surface area (TPSA) is 47.7 Å². The molecule has 4 nitrogen and oxygen atoms in total. The number of ether oxygens (including phenoxy) is 2. The molecule has 0 aromatic heterocycles. The van der Waals surface area contributed by atoms with Crippen molar-refractivity contribution in [2.24, 2.45) is 0 Å². The van der Waals surface area contributed by atoms with Crippen LogP contribution in [0, 0.1) is 0 Å². The van der Waals surface area contributed by atoms with Gasteiger partial charge < -0.3 is 20.1 Å². The summed E-state index contributed by atoms with van der Waals surface area (Å²) < 4.78 is 11.9. The van der Waals surface area contributed by atoms with Crippen LogP contribution in [0.25, 0.3) is 0 Å². The molecular formula is C19H24N2O2. The first-order valence-corrected chi connectivity index (χ1v) is 8.12. The highest BCUT2D eigenvalue weighted by Gasteiger charge is 2.18. The molecule has 0 aliphatic carbocycles. The van der Waals surface area contributed by atoms with Gasteiger partial charge in [-0.05, 0) is 38.1 Å². The van der Waals surface area contributed by atoms with Gasteiger partial charge in [0.15, 0.2) is 0 Å². The van der Waals surface area contributed by atoms with Gasteiger partial charge in [-0.1, -0.05) is 24.3 Å². The van der Waals surface area contributed by atoms with Gasteiger partial charge in [0.25, 0.3) is 0 Å². The highest BCUT2D eigenvalue weighted by Crippen LogP contribution is 2.24. The number of likely N-dealkylation sites (tertiary alicyclic amines) is 1. The van der Waals surface area contributed by atoms with E-state index in [2.05, 4.69) is 11.9 Å². The van der Waals surface area contributed by atoms with E-state index in [4.69, 9.17) is 15.2 Å². The summed E-state index contributed by atoms with van der Waals surface area (Å²) in [4.78, 5) is 2.34. The first-order chi connectivity index (χ1) is 11.2. The lowest BCUT2D eigenvalue weighted by Crippen LogP contribution is -2.35. The van der Waals surface area contributed by atoms with Crippen molar-refractivity contribution in [2.45, 2.75) is 25.6 Å². The summed E-state index contributed by atoms with van der Waals surface area (Å²) >= 11 is 0. The summed E-state index contributed by atoms with van der Waals surface area (Å²) in [5, 5.41) is 0. The number of hydrogen-bond donors (Lipinski definition) is 1. The summed E-state index contributed by atoms with van der Waals surface area (Å²) in [5.74, 6) is 1.68. The monoisotopic (exact) mass is 312 g/mol. The Morgan fingerprint density at radius 1 is 1.04 bits per heavy atom. The Kier molecular flexibility index (Phi) is 5.03. The van der Waals surface area contributed by atoms with E-state index < -0.39 is 0 Å². The molecule has 0 bridgehead atoms. The van der Waals surface area contributed by atoms with Crippen LogP contribution in [0.5, 0.6) is 11.5 Å². The zero-order chi connectivity index (χ0) is 16.1. The fourth-order valence-electron chi connectivity index (χ4n) is 2.76. The Labute approximate surface area is 137 Å². The molecule has 4 heteroatoms. The molecule has 0 unspecified atom stereocenters. The Morgan fingerprint density at radius 2 is 1.78 bits per heavy atom. The van der Waals surface area contributed by atoms with E-state index in [-0.39, 0.29) is 0 Å². The SMILES string of the molecule is CN1CCC(Oc2cccc(OCc3ccccc3N)c2)CC1. The number of nitrogens with two attached hydrogens (primary N) is 1. The number of benzene rings is 2. The van der Waals surface area contributed by atoms with Crippen molar-refractivity contribution in [1.82, 2.24) is 4.90 Å². The smallest absolute Gasteiger partial charge is 0.123 e. The van der Waals surface area contributed by atoms with Crippen LogP contribution in [0.4, 0.5) is 5.69 Å². The average molecular weight is 312 g/mol. The lowest BCUT2D eigenvalue weighted by molar-refractivity contribution is 0.114. The number of nitrogen functional groups attached to an aromatic ring is 1. The van der Waals surface area contributed by atoms with Crippen molar-refractivity contribution >= 4 is 5.69 Å². The van der Waals surface area contributed by atoms with Crippen molar-refractivity contribution < 1.29 is 9.47 Å². The van der Waals surface area contributed by atoms with Gasteiger partial charge in [0, 0.05) is 30.4 Å². The molecule has 1 fully saturated rings. The molecule has 23 heavy (non-hydrogen) atoms. The van der Waals surface area contributed by atoms with Crippen LogP contribution in [0.1, 0.15) is 18.4 Å². The number of para-hydroxylation sites is 1. The van der Waals surface area contributed by atoms with Crippen LogP contribution >= 0.6 is 0 Å². The number of rotatable bonds is 5. The second kappa shape index (κ2) is 7.38. The van der Waals surface area contributed by atoms with Gasteiger partial charge in [0.2, 0.25) is 0 Å². The molecule has 0 amide bonds. The molecule has 0 saturated carbocycles. The number of anilines is 1. The number of nitrogens with zero attached hydrogens (tertiary/aromatic N) is 1. The van der Waals surface area contributed by atoms with Crippen LogP contribution in [-0.4, -0.2) is 31.1 Å². The molecular weight excluding hydrogens is 288 g/mol. The number of piperidine rings is 1. The van der Waals surface area contributed by atoms with Crippen LogP contribution < -0.4 is 15.2 Å². The van der Waals surface area contributed by atoms with E-state index in [9.17, 15) is 0 Å². The van der Waals surface area contributed by atoms with E-state index in [1.165, 1.54) is 0 Å². The first kappa shape index (κ1) is 15.7. The van der Waals surface area contributed by atoms with E-state index in [0.29, 0.717) is 12.7 Å². The molecule has 0 radical (unpaired) electrons. The van der Waals surface area contributed by atoms with Crippen LogP contribution in [0.2, 0.25) is 0 Å². The van der Waals surface area contributed by atoms with Crippen molar-refractivity contribution in [3.8, 4) is 11.5 Å². The zero-order valence-corrected chi connectivity index (χ0v) is 13.6. The van der Waals surface area contributed by atoms with Gasteiger partial charge in [-0.3, -0.25) is 0 Å². The van der Waals surface area contributed by atoms with Gasteiger partial charge in [0.1, 0.15) is 24.2 Å². The minimum absolute atomic E-state index is 0.297. The van der Waals surface area contributed by atoms with Gasteiger partial charge in [-0.15, -0.1) is 0 Å². The summed E-state index contributed by atoms with van der Waals surface area (Å²) in [6.07, 6.45) is 2.44. The molecule has 1 aliphatic heterocycles. The molecule has 2 N–H and O–H groups in total. The Morgan fingerprint density at radius 3 is 2.57 bits per heavy atom. The third-order valence-electron chi connectivity index (χ3n) is 4.22. The second-order valence-electron chi connectivity index (χ2n) is 6.08. The minimum Gasteiger partial charge on any atom is -0.490 e. The number of hydrogen-bond acceptors (Lipinski definition) is 4. The molecule has 1 saturated heterocycles. The van der Waals surface area contributed by atoms with Crippen LogP contribution in [0.3, 0.4) is 0 Å². The normalized spacial score (nSPS) is 16.2. The third kappa shape index (κ3) is 4.39. The highest BCUT2D eigenvalue weighted by molar-refractivity contribution is 5.46. The maximum absolute atomic E-state index is 6.09. The van der Waals surface area contributed by atoms with E-state index in [1.54, 1.807) is 0 Å². The van der Waals surface area contributed by atoms with Gasteiger partial charge in [-0.25, -0.2) is 0 Å². The van der Waals surface area contributed by atoms with E-state index in [1.807, 2.05) is 48.5 Å². The van der Waals surface area contributed by atoms with E-state index in [0.717, 1.165) is 48.7 Å². The highest BCUT2D eigenvalue weighted by atomic mass is 16.5. The Balaban J connectivity index is 1.58. The predicted octanol–water partition coefficient (Wildman–Crippen LogP) is 3.32. The van der Waals surface area contributed by atoms with Gasteiger partial charge in [0.05, 0.1) is 0 Å². The van der Waals surface area contributed by atoms with Gasteiger partial charge in [-0.2, -0.15) is 0 Å². The molecule has 1 aliphatic rings. The standard InChI is InChI=1S/C19H24N2O2/c1-21-11-9-16(10-12-21)23-18-7-4-6-17(13-18)22-14-15-5-2-3-8-19(15)20/h2-8,13,16H,9-12,14,20H2,1H3. The molecule has 2 aromatic carbocycles. The van der Waals surface area contributed by atoms with Crippen LogP contribution in [0.15, 0.2) is 48.5 Å². The summed E-state index contributed by atoms with van der Waals surface area (Å²) in [5.41, 5.74) is 7.69. The summed E-state index contributed by atoms with van der Waals surface area (Å²) in [7, 11) is 2.15. The lowest BCUT2D eigenvalue weighted by atomic mass is 10.1. The van der Waals surface area contributed by atoms with E-state index >= 15 is 0 Å². The molecule has 0 atom stereocenters. The van der Waals surface area contributed by atoms with Crippen molar-refractivity contribution in [2.75, 3.05) is 25.9 Å². The van der Waals surface area contributed by atoms with Crippen LogP contribution in [-0.2, 0) is 6.61 Å². The lowest BCUT2D eigenvalue weighted by Gasteiger charge is -2.29. The van der Waals surface area contributed by atoms with Crippen molar-refractivity contribution in [3.63, 3.8) is 0 Å². The predicted molar refractivity (Wildman–Crippen MR) is 92.8 cm³/mol. The maximum Gasteiger partial charge on any atom is 0.123 e. The van der Waals surface area contributed by atoms with Gasteiger partial charge >= 0.3 is 0 Å². The minimum atomic E-state index is 0.297.